The Morgan fingerprint density at radius 1 is 1.17 bits per heavy atom. The normalized spacial score (nSPS) is 26.6. The maximum Gasteiger partial charge on any atom is 0.335 e. The molecule has 8 nitrogen and oxygen atoms in total. The predicted molar refractivity (Wildman–Crippen MR) is 107 cm³/mol. The highest BCUT2D eigenvalue weighted by atomic mass is 35.5. The molecule has 1 aliphatic rings. The molecule has 10 heteroatoms. The molecule has 3 aromatic rings. The summed E-state index contributed by atoms with van der Waals surface area (Å²) in [6, 6.07) is 8.49. The van der Waals surface area contributed by atoms with Gasteiger partial charge >= 0.3 is 5.97 Å². The summed E-state index contributed by atoms with van der Waals surface area (Å²) in [7, 11) is 0. The molecule has 0 spiro atoms. The number of nitrogens with zero attached hydrogens (tertiary/aromatic N) is 1. The molecule has 1 saturated heterocycles. The van der Waals surface area contributed by atoms with Gasteiger partial charge in [-0.3, -0.25) is 0 Å². The second kappa shape index (κ2) is 8.46. The van der Waals surface area contributed by atoms with Crippen LogP contribution in [0.4, 0.5) is 0 Å². The molecule has 4 rings (SSSR count). The lowest BCUT2D eigenvalue weighted by Crippen LogP contribution is -2.56. The molecule has 4 N–H and O–H groups in total. The number of aromatic nitrogens is 1. The Morgan fingerprint density at radius 3 is 2.67 bits per heavy atom. The van der Waals surface area contributed by atoms with Crippen molar-refractivity contribution in [1.82, 2.24) is 4.98 Å². The van der Waals surface area contributed by atoms with Crippen molar-refractivity contribution < 1.29 is 34.4 Å². The SMILES string of the molecule is O=C(O)C1OC(c2ccc(Cl)c(Cc3ncc(-c4ccco4)s3)c2)C(O)C(O)C1O. The molecule has 3 heterocycles. The minimum absolute atomic E-state index is 0.397. The number of aliphatic hydroxyl groups excluding tert-OH is 3. The highest BCUT2D eigenvalue weighted by molar-refractivity contribution is 7.15. The first-order valence-corrected chi connectivity index (χ1v) is 10.2. The lowest BCUT2D eigenvalue weighted by atomic mass is 9.90. The van der Waals surface area contributed by atoms with Gasteiger partial charge < -0.3 is 29.6 Å². The third kappa shape index (κ3) is 4.00. The summed E-state index contributed by atoms with van der Waals surface area (Å²) in [6.45, 7) is 0. The van der Waals surface area contributed by atoms with Crippen molar-refractivity contribution in [3.8, 4) is 10.6 Å². The minimum atomic E-state index is -1.74. The molecule has 1 fully saturated rings. The number of furan rings is 1. The molecule has 1 aliphatic heterocycles. The van der Waals surface area contributed by atoms with Crippen LogP contribution >= 0.6 is 22.9 Å². The number of thiazole rings is 1. The highest BCUT2D eigenvalue weighted by Gasteiger charge is 2.47. The van der Waals surface area contributed by atoms with Crippen LogP contribution in [-0.4, -0.2) is 55.8 Å². The number of carboxylic acid groups (broad SMARTS) is 1. The molecule has 0 aliphatic carbocycles. The molecule has 0 bridgehead atoms. The number of benzene rings is 1. The highest BCUT2D eigenvalue weighted by Crippen LogP contribution is 2.35. The van der Waals surface area contributed by atoms with Crippen LogP contribution in [0.15, 0.2) is 47.2 Å². The van der Waals surface area contributed by atoms with Gasteiger partial charge in [0, 0.05) is 17.6 Å². The second-order valence-electron chi connectivity index (χ2n) is 6.91. The van der Waals surface area contributed by atoms with E-state index in [1.165, 1.54) is 11.3 Å². The van der Waals surface area contributed by atoms with Gasteiger partial charge in [-0.15, -0.1) is 11.3 Å². The van der Waals surface area contributed by atoms with Crippen molar-refractivity contribution in [2.45, 2.75) is 36.9 Å². The average molecular weight is 452 g/mol. The average Bonchev–Trinajstić information content (AvgIpc) is 3.40. The van der Waals surface area contributed by atoms with Crippen molar-refractivity contribution >= 4 is 28.9 Å². The first kappa shape index (κ1) is 21.0. The van der Waals surface area contributed by atoms with Gasteiger partial charge in [0.25, 0.3) is 0 Å². The van der Waals surface area contributed by atoms with Crippen molar-refractivity contribution in [2.75, 3.05) is 0 Å². The van der Waals surface area contributed by atoms with E-state index in [1.54, 1.807) is 36.7 Å². The molecule has 1 aromatic carbocycles. The molecule has 158 valence electrons. The number of carbonyl (C=O) groups is 1. The zero-order valence-electron chi connectivity index (χ0n) is 15.4. The van der Waals surface area contributed by atoms with Gasteiger partial charge in [0.15, 0.2) is 6.10 Å². The predicted octanol–water partition coefficient (Wildman–Crippen LogP) is 2.25. The summed E-state index contributed by atoms with van der Waals surface area (Å²) in [5.41, 5.74) is 1.12. The number of halogens is 1. The van der Waals surface area contributed by atoms with Crippen molar-refractivity contribution in [3.05, 3.63) is 63.9 Å². The molecule has 0 radical (unpaired) electrons. The maximum atomic E-state index is 11.3. The molecular weight excluding hydrogens is 434 g/mol. The first-order valence-electron chi connectivity index (χ1n) is 9.04. The fraction of sp³-hybridized carbons (Fsp3) is 0.300. The maximum absolute atomic E-state index is 11.3. The fourth-order valence-electron chi connectivity index (χ4n) is 3.35. The van der Waals surface area contributed by atoms with Crippen LogP contribution in [0.5, 0.6) is 0 Å². The van der Waals surface area contributed by atoms with Crippen LogP contribution in [-0.2, 0) is 16.0 Å². The van der Waals surface area contributed by atoms with Gasteiger partial charge in [0.1, 0.15) is 30.2 Å². The van der Waals surface area contributed by atoms with E-state index in [0.29, 0.717) is 28.3 Å². The number of carboxylic acids is 1. The van der Waals surface area contributed by atoms with E-state index >= 15 is 0 Å². The molecule has 0 saturated carbocycles. The van der Waals surface area contributed by atoms with Gasteiger partial charge in [-0.25, -0.2) is 9.78 Å². The van der Waals surface area contributed by atoms with E-state index < -0.39 is 36.5 Å². The third-order valence-electron chi connectivity index (χ3n) is 4.91. The fourth-order valence-corrected chi connectivity index (χ4v) is 4.45. The van der Waals surface area contributed by atoms with Crippen LogP contribution in [0.25, 0.3) is 10.6 Å². The van der Waals surface area contributed by atoms with Crippen LogP contribution < -0.4 is 0 Å². The van der Waals surface area contributed by atoms with Gasteiger partial charge in [0.2, 0.25) is 0 Å². The van der Waals surface area contributed by atoms with E-state index in [1.807, 2.05) is 6.07 Å². The Bertz CT molecular complexity index is 1040. The molecular formula is C20H18ClNO7S. The molecule has 2 aromatic heterocycles. The molecule has 5 atom stereocenters. The summed E-state index contributed by atoms with van der Waals surface area (Å²) in [5.74, 6) is -0.717. The molecule has 30 heavy (non-hydrogen) atoms. The summed E-state index contributed by atoms with van der Waals surface area (Å²) >= 11 is 7.78. The lowest BCUT2D eigenvalue weighted by molar-refractivity contribution is -0.229. The van der Waals surface area contributed by atoms with E-state index in [4.69, 9.17) is 20.8 Å². The van der Waals surface area contributed by atoms with Gasteiger partial charge in [0.05, 0.1) is 16.1 Å². The molecule has 0 amide bonds. The molecule has 5 unspecified atom stereocenters. The first-order chi connectivity index (χ1) is 14.3. The topological polar surface area (TPSA) is 133 Å². The Kier molecular flexibility index (Phi) is 5.92. The smallest absolute Gasteiger partial charge is 0.335 e. The quantitative estimate of drug-likeness (QED) is 0.464. The zero-order valence-corrected chi connectivity index (χ0v) is 17.0. The van der Waals surface area contributed by atoms with E-state index in [0.717, 1.165) is 9.88 Å². The Balaban J connectivity index is 1.59. The van der Waals surface area contributed by atoms with Gasteiger partial charge in [-0.1, -0.05) is 23.7 Å². The second-order valence-corrected chi connectivity index (χ2v) is 8.43. The number of aliphatic hydroxyl groups is 3. The van der Waals surface area contributed by atoms with Crippen LogP contribution in [0, 0.1) is 0 Å². The number of rotatable bonds is 5. The van der Waals surface area contributed by atoms with Gasteiger partial charge in [-0.2, -0.15) is 0 Å². The van der Waals surface area contributed by atoms with Crippen LogP contribution in [0.2, 0.25) is 5.02 Å². The summed E-state index contributed by atoms with van der Waals surface area (Å²) < 4.78 is 10.8. The summed E-state index contributed by atoms with van der Waals surface area (Å²) in [6.07, 6.45) is -4.03. The number of aliphatic carboxylic acids is 1. The van der Waals surface area contributed by atoms with E-state index in [9.17, 15) is 25.2 Å². The van der Waals surface area contributed by atoms with E-state index in [-0.39, 0.29) is 0 Å². The monoisotopic (exact) mass is 451 g/mol. The van der Waals surface area contributed by atoms with E-state index in [2.05, 4.69) is 4.98 Å². The Hall–Kier alpha value is -2.27. The van der Waals surface area contributed by atoms with Crippen molar-refractivity contribution in [3.63, 3.8) is 0 Å². The van der Waals surface area contributed by atoms with Crippen molar-refractivity contribution in [2.24, 2.45) is 0 Å². The van der Waals surface area contributed by atoms with Gasteiger partial charge in [-0.05, 0) is 29.3 Å². The third-order valence-corrected chi connectivity index (χ3v) is 6.29. The summed E-state index contributed by atoms with van der Waals surface area (Å²) in [4.78, 5) is 16.6. The Labute approximate surface area is 180 Å². The van der Waals surface area contributed by atoms with Crippen LogP contribution in [0.1, 0.15) is 22.2 Å². The number of hydrogen-bond donors (Lipinski definition) is 4. The van der Waals surface area contributed by atoms with Crippen molar-refractivity contribution in [1.29, 1.82) is 0 Å². The Morgan fingerprint density at radius 2 is 1.97 bits per heavy atom. The number of hydrogen-bond acceptors (Lipinski definition) is 8. The zero-order chi connectivity index (χ0) is 21.4. The minimum Gasteiger partial charge on any atom is -0.479 e. The lowest BCUT2D eigenvalue weighted by Gasteiger charge is -2.39. The standard InChI is InChI=1S/C20H18ClNO7S/c21-11-4-3-9(18-16(24)15(23)17(25)19(29-18)20(26)27)6-10(11)7-14-22-8-13(30-14)12-2-1-5-28-12/h1-6,8,15-19,23-25H,7H2,(H,26,27). The van der Waals surface area contributed by atoms with Crippen LogP contribution in [0.3, 0.4) is 0 Å². The number of ether oxygens (including phenoxy) is 1. The largest absolute Gasteiger partial charge is 0.479 e. The summed E-state index contributed by atoms with van der Waals surface area (Å²) in [5, 5.41) is 40.8.